The summed E-state index contributed by atoms with van der Waals surface area (Å²) in [4.78, 5) is 52.2. The van der Waals surface area contributed by atoms with Crippen molar-refractivity contribution in [2.45, 2.75) is 38.1 Å². The molecule has 0 bridgehead atoms. The van der Waals surface area contributed by atoms with Crippen LogP contribution in [0.3, 0.4) is 0 Å². The second-order valence-corrected chi connectivity index (χ2v) is 9.78. The molecular weight excluding hydrogens is 500 g/mol. The third-order valence-electron chi connectivity index (χ3n) is 6.94. The van der Waals surface area contributed by atoms with Crippen LogP contribution in [0.5, 0.6) is 0 Å². The molecule has 39 heavy (non-hydrogen) atoms. The van der Waals surface area contributed by atoms with Crippen molar-refractivity contribution in [1.82, 2.24) is 0 Å². The molecule has 0 spiro atoms. The van der Waals surface area contributed by atoms with E-state index in [1.807, 2.05) is 24.3 Å². The van der Waals surface area contributed by atoms with E-state index in [2.05, 4.69) is 0 Å². The molecule has 8 nitrogen and oxygen atoms in total. The van der Waals surface area contributed by atoms with Crippen LogP contribution in [0.25, 0.3) is 0 Å². The minimum Gasteiger partial charge on any atom is -0.465 e. The van der Waals surface area contributed by atoms with Gasteiger partial charge in [-0.15, -0.1) is 0 Å². The Balaban J connectivity index is 1.69. The first-order valence-electron chi connectivity index (χ1n) is 12.6. The highest BCUT2D eigenvalue weighted by atomic mass is 16.5. The standard InChI is InChI=1S/C31H30O8/c1-31(36)17-24(32)26(29(34)38-18-20-9-5-3-6-10-20)25(22-13-15-23(16-14-22)28(33)37-2)27(31)30(35)39-19-21-11-7-4-8-12-21/h3-16,25-27,36H,17-19H2,1-2H3/t25-,26-,27+,31-/m1/s1. The van der Waals surface area contributed by atoms with E-state index < -0.39 is 53.5 Å². The van der Waals surface area contributed by atoms with Crippen molar-refractivity contribution in [3.05, 3.63) is 107 Å². The van der Waals surface area contributed by atoms with Gasteiger partial charge in [-0.1, -0.05) is 72.8 Å². The van der Waals surface area contributed by atoms with Crippen LogP contribution in [0.1, 0.15) is 46.3 Å². The maximum Gasteiger partial charge on any atom is 0.337 e. The lowest BCUT2D eigenvalue weighted by molar-refractivity contribution is -0.174. The van der Waals surface area contributed by atoms with Crippen molar-refractivity contribution in [3.63, 3.8) is 0 Å². The number of ether oxygens (including phenoxy) is 3. The minimum absolute atomic E-state index is 0.0443. The van der Waals surface area contributed by atoms with Crippen molar-refractivity contribution < 1.29 is 38.5 Å². The van der Waals surface area contributed by atoms with Crippen LogP contribution in [0.4, 0.5) is 0 Å². The van der Waals surface area contributed by atoms with Gasteiger partial charge in [-0.3, -0.25) is 14.4 Å². The highest BCUT2D eigenvalue weighted by Gasteiger charge is 2.57. The zero-order valence-corrected chi connectivity index (χ0v) is 21.7. The van der Waals surface area contributed by atoms with E-state index in [1.165, 1.54) is 26.2 Å². The first-order chi connectivity index (χ1) is 18.7. The lowest BCUT2D eigenvalue weighted by Gasteiger charge is -2.43. The first-order valence-corrected chi connectivity index (χ1v) is 12.6. The molecule has 0 unspecified atom stereocenters. The van der Waals surface area contributed by atoms with E-state index in [-0.39, 0.29) is 18.8 Å². The van der Waals surface area contributed by atoms with E-state index in [4.69, 9.17) is 14.2 Å². The summed E-state index contributed by atoms with van der Waals surface area (Å²) in [5.74, 6) is -6.40. The molecular formula is C31H30O8. The van der Waals surface area contributed by atoms with Gasteiger partial charge in [0, 0.05) is 12.3 Å². The van der Waals surface area contributed by atoms with Crippen LogP contribution < -0.4 is 0 Å². The van der Waals surface area contributed by atoms with Crippen LogP contribution in [0.15, 0.2) is 84.9 Å². The highest BCUT2D eigenvalue weighted by molar-refractivity contribution is 6.03. The minimum atomic E-state index is -1.80. The lowest BCUT2D eigenvalue weighted by atomic mass is 9.61. The average molecular weight is 531 g/mol. The predicted octanol–water partition coefficient (Wildman–Crippen LogP) is 4.00. The van der Waals surface area contributed by atoms with Crippen LogP contribution in [-0.2, 0) is 41.8 Å². The smallest absolute Gasteiger partial charge is 0.337 e. The number of Topliss-reactive ketones (excluding diaryl/α,β-unsaturated/α-hetero) is 1. The summed E-state index contributed by atoms with van der Waals surface area (Å²) in [5, 5.41) is 11.3. The number of hydrogen-bond donors (Lipinski definition) is 1. The summed E-state index contributed by atoms with van der Waals surface area (Å²) in [5.41, 5.74) is 0.335. The molecule has 1 saturated carbocycles. The van der Waals surface area contributed by atoms with E-state index >= 15 is 0 Å². The van der Waals surface area contributed by atoms with Crippen molar-refractivity contribution in [2.24, 2.45) is 11.8 Å². The summed E-state index contributed by atoms with van der Waals surface area (Å²) >= 11 is 0. The molecule has 0 heterocycles. The molecule has 3 aromatic rings. The van der Waals surface area contributed by atoms with Crippen molar-refractivity contribution >= 4 is 23.7 Å². The molecule has 3 aromatic carbocycles. The van der Waals surface area contributed by atoms with Gasteiger partial charge in [0.15, 0.2) is 5.78 Å². The normalized spacial score (nSPS) is 22.5. The molecule has 4 atom stereocenters. The second kappa shape index (κ2) is 12.0. The van der Waals surface area contributed by atoms with Crippen molar-refractivity contribution in [2.75, 3.05) is 7.11 Å². The molecule has 0 radical (unpaired) electrons. The van der Waals surface area contributed by atoms with Crippen LogP contribution >= 0.6 is 0 Å². The topological polar surface area (TPSA) is 116 Å². The summed E-state index contributed by atoms with van der Waals surface area (Å²) in [6, 6.07) is 24.1. The number of methoxy groups -OCH3 is 1. The number of rotatable bonds is 8. The van der Waals surface area contributed by atoms with Crippen LogP contribution in [0.2, 0.25) is 0 Å². The zero-order valence-electron chi connectivity index (χ0n) is 21.7. The molecule has 1 fully saturated rings. The molecule has 0 aromatic heterocycles. The molecule has 0 aliphatic heterocycles. The Morgan fingerprint density at radius 1 is 0.821 bits per heavy atom. The van der Waals surface area contributed by atoms with Crippen molar-refractivity contribution in [1.29, 1.82) is 0 Å². The molecule has 202 valence electrons. The molecule has 0 amide bonds. The van der Waals surface area contributed by atoms with E-state index in [9.17, 15) is 24.3 Å². The quantitative estimate of drug-likeness (QED) is 0.264. The molecule has 4 rings (SSSR count). The maximum absolute atomic E-state index is 13.5. The average Bonchev–Trinajstić information content (AvgIpc) is 2.94. The number of esters is 3. The first kappa shape index (κ1) is 27.7. The highest BCUT2D eigenvalue weighted by Crippen LogP contribution is 2.47. The lowest BCUT2D eigenvalue weighted by Crippen LogP contribution is -2.55. The Hall–Kier alpha value is -4.30. The Morgan fingerprint density at radius 2 is 1.33 bits per heavy atom. The molecule has 1 aliphatic carbocycles. The number of carbonyl (C=O) groups excluding carboxylic acids is 4. The number of carbonyl (C=O) groups is 4. The fraction of sp³-hybridized carbons (Fsp3) is 0.290. The molecule has 8 heteroatoms. The monoisotopic (exact) mass is 530 g/mol. The van der Waals surface area contributed by atoms with Gasteiger partial charge < -0.3 is 19.3 Å². The Morgan fingerprint density at radius 3 is 1.85 bits per heavy atom. The summed E-state index contributed by atoms with van der Waals surface area (Å²) < 4.78 is 15.9. The summed E-state index contributed by atoms with van der Waals surface area (Å²) in [6.45, 7) is 1.29. The molecule has 1 N–H and O–H groups in total. The number of ketones is 1. The van der Waals surface area contributed by atoms with Gasteiger partial charge in [0.1, 0.15) is 19.1 Å². The van der Waals surface area contributed by atoms with E-state index in [0.717, 1.165) is 11.1 Å². The fourth-order valence-electron chi connectivity index (χ4n) is 5.01. The Kier molecular flexibility index (Phi) is 8.56. The van der Waals surface area contributed by atoms with Gasteiger partial charge in [0.05, 0.1) is 24.2 Å². The fourth-order valence-corrected chi connectivity index (χ4v) is 5.01. The van der Waals surface area contributed by atoms with Gasteiger partial charge in [-0.05, 0) is 35.7 Å². The van der Waals surface area contributed by atoms with Gasteiger partial charge >= 0.3 is 17.9 Å². The van der Waals surface area contributed by atoms with Gasteiger partial charge in [0.25, 0.3) is 0 Å². The van der Waals surface area contributed by atoms with Gasteiger partial charge in [0.2, 0.25) is 0 Å². The van der Waals surface area contributed by atoms with Crippen LogP contribution in [-0.4, -0.2) is 41.5 Å². The van der Waals surface area contributed by atoms with Crippen LogP contribution in [0, 0.1) is 11.8 Å². The number of benzene rings is 3. The molecule has 0 saturated heterocycles. The second-order valence-electron chi connectivity index (χ2n) is 9.78. The Bertz CT molecular complexity index is 1320. The predicted molar refractivity (Wildman–Crippen MR) is 140 cm³/mol. The van der Waals surface area contributed by atoms with Gasteiger partial charge in [-0.2, -0.15) is 0 Å². The van der Waals surface area contributed by atoms with E-state index in [0.29, 0.717) is 5.56 Å². The van der Waals surface area contributed by atoms with Crippen molar-refractivity contribution in [3.8, 4) is 0 Å². The molecule has 1 aliphatic rings. The zero-order chi connectivity index (χ0) is 28.0. The summed E-state index contributed by atoms with van der Waals surface area (Å²) in [7, 11) is 1.25. The number of hydrogen-bond acceptors (Lipinski definition) is 8. The maximum atomic E-state index is 13.5. The van der Waals surface area contributed by atoms with Gasteiger partial charge in [-0.25, -0.2) is 4.79 Å². The Labute approximate surface area is 226 Å². The SMILES string of the molecule is COC(=O)c1ccc([C@@H]2[C@H](C(=O)OCc3ccccc3)C(=O)C[C@@](C)(O)[C@@H]2C(=O)OCc2ccccc2)cc1. The number of aliphatic hydroxyl groups is 1. The van der Waals surface area contributed by atoms with E-state index in [1.54, 1.807) is 48.5 Å². The third kappa shape index (κ3) is 6.41. The summed E-state index contributed by atoms with van der Waals surface area (Å²) in [6.07, 6.45) is -0.431. The third-order valence-corrected chi connectivity index (χ3v) is 6.94. The largest absolute Gasteiger partial charge is 0.465 e.